The van der Waals surface area contributed by atoms with E-state index in [4.69, 9.17) is 9.47 Å². The van der Waals surface area contributed by atoms with Crippen molar-refractivity contribution >= 4 is 18.1 Å². The zero-order valence-corrected chi connectivity index (χ0v) is 26.3. The Morgan fingerprint density at radius 3 is 1.93 bits per heavy atom. The minimum Gasteiger partial charge on any atom is -0.466 e. The topological polar surface area (TPSA) is 93.9 Å². The molecule has 234 valence electrons. The SMILES string of the molecule is CCOC(=O)Cc1cc(C=C2CN(C(c3ccccc3)(c3ccccc3)c3ccccc3)CCC2O)nn1C(=O)OC(C)(C)C. The molecule has 5 rings (SSSR count). The summed E-state index contributed by atoms with van der Waals surface area (Å²) >= 11 is 0. The summed E-state index contributed by atoms with van der Waals surface area (Å²) in [7, 11) is 0. The molecule has 8 nitrogen and oxygen atoms in total. The Morgan fingerprint density at radius 1 is 0.911 bits per heavy atom. The number of aliphatic hydroxyl groups excluding tert-OH is 1. The van der Waals surface area contributed by atoms with E-state index in [-0.39, 0.29) is 13.0 Å². The van der Waals surface area contributed by atoms with E-state index < -0.39 is 29.3 Å². The van der Waals surface area contributed by atoms with Crippen LogP contribution in [0, 0.1) is 0 Å². The molecule has 4 aromatic rings. The summed E-state index contributed by atoms with van der Waals surface area (Å²) in [6.45, 7) is 8.35. The number of hydrogen-bond acceptors (Lipinski definition) is 7. The van der Waals surface area contributed by atoms with Gasteiger partial charge in [-0.15, -0.1) is 0 Å². The zero-order valence-electron chi connectivity index (χ0n) is 26.3. The second kappa shape index (κ2) is 13.6. The van der Waals surface area contributed by atoms with Crippen molar-refractivity contribution in [2.45, 2.75) is 57.8 Å². The molecule has 0 saturated carbocycles. The Balaban J connectivity index is 1.60. The van der Waals surface area contributed by atoms with Gasteiger partial charge in [0.15, 0.2) is 0 Å². The fourth-order valence-electron chi connectivity index (χ4n) is 6.03. The molecule has 8 heteroatoms. The van der Waals surface area contributed by atoms with E-state index in [2.05, 4.69) is 82.8 Å². The molecule has 0 spiro atoms. The molecule has 45 heavy (non-hydrogen) atoms. The van der Waals surface area contributed by atoms with Crippen LogP contribution in [0.5, 0.6) is 0 Å². The van der Waals surface area contributed by atoms with Crippen LogP contribution >= 0.6 is 0 Å². The summed E-state index contributed by atoms with van der Waals surface area (Å²) < 4.78 is 11.8. The number of nitrogens with zero attached hydrogens (tertiary/aromatic N) is 3. The highest BCUT2D eigenvalue weighted by atomic mass is 16.6. The van der Waals surface area contributed by atoms with E-state index in [1.165, 1.54) is 0 Å². The fraction of sp³-hybridized carbons (Fsp3) is 0.324. The van der Waals surface area contributed by atoms with Gasteiger partial charge in [-0.25, -0.2) is 4.79 Å². The highest BCUT2D eigenvalue weighted by Gasteiger charge is 2.44. The van der Waals surface area contributed by atoms with Crippen LogP contribution < -0.4 is 0 Å². The van der Waals surface area contributed by atoms with Crippen molar-refractivity contribution in [2.75, 3.05) is 19.7 Å². The van der Waals surface area contributed by atoms with E-state index in [9.17, 15) is 14.7 Å². The van der Waals surface area contributed by atoms with Crippen molar-refractivity contribution in [1.82, 2.24) is 14.7 Å². The third-order valence-corrected chi connectivity index (χ3v) is 7.86. The number of rotatable bonds is 8. The minimum atomic E-state index is -0.751. The molecule has 1 fully saturated rings. The second-order valence-electron chi connectivity index (χ2n) is 12.2. The molecule has 1 N–H and O–H groups in total. The molecule has 1 aliphatic heterocycles. The number of carbonyl (C=O) groups excluding carboxylic acids is 2. The van der Waals surface area contributed by atoms with Crippen LogP contribution in [-0.2, 0) is 26.2 Å². The van der Waals surface area contributed by atoms with E-state index >= 15 is 0 Å². The number of benzene rings is 3. The molecule has 1 aliphatic rings. The quantitative estimate of drug-likeness (QED) is 0.188. The molecule has 1 aromatic heterocycles. The van der Waals surface area contributed by atoms with Crippen molar-refractivity contribution in [3.8, 4) is 0 Å². The Kier molecular flexibility index (Phi) is 9.65. The second-order valence-corrected chi connectivity index (χ2v) is 12.2. The third kappa shape index (κ3) is 7.08. The van der Waals surface area contributed by atoms with E-state index in [0.29, 0.717) is 30.9 Å². The summed E-state index contributed by atoms with van der Waals surface area (Å²) in [6, 6.07) is 33.0. The Morgan fingerprint density at radius 2 is 1.44 bits per heavy atom. The number of aromatic nitrogens is 2. The molecule has 0 amide bonds. The summed E-state index contributed by atoms with van der Waals surface area (Å²) in [5.74, 6) is -0.469. The number of aliphatic hydroxyl groups is 1. The van der Waals surface area contributed by atoms with Gasteiger partial charge in [0.1, 0.15) is 5.60 Å². The van der Waals surface area contributed by atoms with Crippen LogP contribution in [0.15, 0.2) is 103 Å². The summed E-state index contributed by atoms with van der Waals surface area (Å²) in [4.78, 5) is 27.9. The predicted molar refractivity (Wildman–Crippen MR) is 174 cm³/mol. The number of hydrogen-bond donors (Lipinski definition) is 1. The third-order valence-electron chi connectivity index (χ3n) is 7.86. The minimum absolute atomic E-state index is 0.142. The molecule has 1 unspecified atom stereocenters. The highest BCUT2D eigenvalue weighted by Crippen LogP contribution is 2.44. The maximum Gasteiger partial charge on any atom is 0.435 e. The van der Waals surface area contributed by atoms with Gasteiger partial charge < -0.3 is 14.6 Å². The monoisotopic (exact) mass is 607 g/mol. The first-order valence-electron chi connectivity index (χ1n) is 15.4. The summed E-state index contributed by atoms with van der Waals surface area (Å²) in [5.41, 5.74) is 3.50. The standard InChI is InChI=1S/C37H41N3O5/c1-5-44-34(42)25-32-24-31(38-40(32)35(43)45-36(2,3)4)23-27-26-39(22-21-33(27)41)37(28-15-9-6-10-16-28,29-17-11-7-12-18-29)30-19-13-8-14-20-30/h6-20,23-24,33,41H,5,21-22,25-26H2,1-4H3. The molecule has 2 heterocycles. The van der Waals surface area contributed by atoms with E-state index in [0.717, 1.165) is 26.9 Å². The predicted octanol–water partition coefficient (Wildman–Crippen LogP) is 6.21. The first kappa shape index (κ1) is 31.9. The van der Waals surface area contributed by atoms with Gasteiger partial charge in [-0.3, -0.25) is 9.69 Å². The Bertz CT molecular complexity index is 1530. The van der Waals surface area contributed by atoms with Gasteiger partial charge in [0.2, 0.25) is 0 Å². The van der Waals surface area contributed by atoms with Gasteiger partial charge in [0.25, 0.3) is 0 Å². The van der Waals surface area contributed by atoms with Crippen LogP contribution in [0.3, 0.4) is 0 Å². The number of esters is 1. The lowest BCUT2D eigenvalue weighted by molar-refractivity contribution is -0.142. The zero-order chi connectivity index (χ0) is 32.0. The average molecular weight is 608 g/mol. The van der Waals surface area contributed by atoms with Gasteiger partial charge >= 0.3 is 12.1 Å². The summed E-state index contributed by atoms with van der Waals surface area (Å²) in [5, 5.41) is 15.8. The molecule has 3 aromatic carbocycles. The highest BCUT2D eigenvalue weighted by molar-refractivity contribution is 5.76. The lowest BCUT2D eigenvalue weighted by Crippen LogP contribution is -2.52. The lowest BCUT2D eigenvalue weighted by atomic mass is 9.74. The van der Waals surface area contributed by atoms with Crippen LogP contribution in [-0.4, -0.2) is 63.3 Å². The van der Waals surface area contributed by atoms with Crippen LogP contribution in [0.4, 0.5) is 4.79 Å². The number of ether oxygens (including phenoxy) is 2. The molecule has 1 saturated heterocycles. The van der Waals surface area contributed by atoms with Gasteiger partial charge in [0, 0.05) is 13.1 Å². The van der Waals surface area contributed by atoms with Gasteiger partial charge in [-0.1, -0.05) is 91.0 Å². The number of piperidine rings is 1. The molecule has 1 atom stereocenters. The van der Waals surface area contributed by atoms with Gasteiger partial charge in [0.05, 0.1) is 36.1 Å². The van der Waals surface area contributed by atoms with Crippen molar-refractivity contribution in [2.24, 2.45) is 0 Å². The molecule has 0 radical (unpaired) electrons. The van der Waals surface area contributed by atoms with Gasteiger partial charge in [-0.2, -0.15) is 9.78 Å². The molecular weight excluding hydrogens is 566 g/mol. The maximum atomic E-state index is 13.1. The van der Waals surface area contributed by atoms with Crippen molar-refractivity contribution in [1.29, 1.82) is 0 Å². The van der Waals surface area contributed by atoms with Crippen molar-refractivity contribution in [3.63, 3.8) is 0 Å². The van der Waals surface area contributed by atoms with E-state index in [1.807, 2.05) is 24.3 Å². The first-order chi connectivity index (χ1) is 21.6. The van der Waals surface area contributed by atoms with E-state index in [1.54, 1.807) is 33.8 Å². The summed E-state index contributed by atoms with van der Waals surface area (Å²) in [6.07, 6.45) is 0.785. The lowest BCUT2D eigenvalue weighted by Gasteiger charge is -2.48. The van der Waals surface area contributed by atoms with Crippen molar-refractivity contribution < 1.29 is 24.2 Å². The first-order valence-corrected chi connectivity index (χ1v) is 15.4. The molecule has 0 bridgehead atoms. The van der Waals surface area contributed by atoms with Crippen LogP contribution in [0.2, 0.25) is 0 Å². The smallest absolute Gasteiger partial charge is 0.435 e. The van der Waals surface area contributed by atoms with Crippen LogP contribution in [0.1, 0.15) is 62.2 Å². The Hall–Kier alpha value is -4.53. The average Bonchev–Trinajstić information content (AvgIpc) is 3.42. The van der Waals surface area contributed by atoms with Crippen LogP contribution in [0.25, 0.3) is 6.08 Å². The van der Waals surface area contributed by atoms with Gasteiger partial charge in [-0.05, 0) is 68.5 Å². The number of carbonyl (C=O) groups is 2. The maximum absolute atomic E-state index is 13.1. The Labute approximate surface area is 264 Å². The molecular formula is C37H41N3O5. The normalized spacial score (nSPS) is 16.8. The number of likely N-dealkylation sites (tertiary alicyclic amines) is 1. The van der Waals surface area contributed by atoms with Crippen molar-refractivity contribution in [3.05, 3.63) is 131 Å². The molecule has 0 aliphatic carbocycles. The largest absolute Gasteiger partial charge is 0.466 e. The fourth-order valence-corrected chi connectivity index (χ4v) is 6.03.